The van der Waals surface area contributed by atoms with Gasteiger partial charge in [0, 0.05) is 50.3 Å². The number of halogens is 3. The predicted molar refractivity (Wildman–Crippen MR) is 128 cm³/mol. The van der Waals surface area contributed by atoms with Gasteiger partial charge in [-0.2, -0.15) is 13.2 Å². The molecule has 1 aliphatic rings. The van der Waals surface area contributed by atoms with Crippen LogP contribution >= 0.6 is 0 Å². The minimum Gasteiger partial charge on any atom is -0.487 e. The maximum Gasteiger partial charge on any atom is 0.417 e. The Morgan fingerprint density at radius 1 is 0.972 bits per heavy atom. The second kappa shape index (κ2) is 9.52. The topological polar surface area (TPSA) is 63.0 Å². The molecule has 0 spiro atoms. The highest BCUT2D eigenvalue weighted by atomic mass is 19.4. The van der Waals surface area contributed by atoms with Crippen LogP contribution in [0.3, 0.4) is 0 Å². The van der Waals surface area contributed by atoms with Gasteiger partial charge in [0.05, 0.1) is 11.3 Å². The Hall–Kier alpha value is -4.08. The van der Waals surface area contributed by atoms with Crippen LogP contribution in [0.15, 0.2) is 67.1 Å². The molecule has 186 valence electrons. The molecule has 3 aromatic heterocycles. The molecular weight excluding hydrogens is 471 g/mol. The van der Waals surface area contributed by atoms with Crippen molar-refractivity contribution in [3.63, 3.8) is 0 Å². The molecule has 0 saturated carbocycles. The largest absolute Gasteiger partial charge is 0.487 e. The molecule has 1 fully saturated rings. The highest BCUT2D eigenvalue weighted by Crippen LogP contribution is 2.29. The normalized spacial score (nSPS) is 14.3. The number of hydrogen-bond donors (Lipinski definition) is 0. The quantitative estimate of drug-likeness (QED) is 0.405. The summed E-state index contributed by atoms with van der Waals surface area (Å²) in [6.45, 7) is 4.22. The molecule has 4 heterocycles. The van der Waals surface area contributed by atoms with Gasteiger partial charge in [-0.15, -0.1) is 0 Å². The van der Waals surface area contributed by atoms with Gasteiger partial charge in [0.1, 0.15) is 23.8 Å². The lowest BCUT2D eigenvalue weighted by molar-refractivity contribution is -0.137. The minimum absolute atomic E-state index is 0.0997. The molecule has 1 aromatic carbocycles. The first-order valence-electron chi connectivity index (χ1n) is 11.5. The van der Waals surface area contributed by atoms with E-state index < -0.39 is 11.7 Å². The summed E-state index contributed by atoms with van der Waals surface area (Å²) >= 11 is 0. The van der Waals surface area contributed by atoms with Crippen molar-refractivity contribution >= 4 is 17.4 Å². The first-order chi connectivity index (χ1) is 17.3. The summed E-state index contributed by atoms with van der Waals surface area (Å²) in [5, 5.41) is 0. The summed E-state index contributed by atoms with van der Waals surface area (Å²) in [5.41, 5.74) is 2.58. The van der Waals surface area contributed by atoms with Crippen molar-refractivity contribution < 1.29 is 22.7 Å². The number of ether oxygens (including phenoxy) is 1. The highest BCUT2D eigenvalue weighted by Gasteiger charge is 2.31. The van der Waals surface area contributed by atoms with Crippen LogP contribution < -0.4 is 9.64 Å². The van der Waals surface area contributed by atoms with Crippen LogP contribution in [-0.4, -0.2) is 51.4 Å². The molecule has 1 saturated heterocycles. The second-order valence-corrected chi connectivity index (χ2v) is 8.70. The number of fused-ring (bicyclic) bond motifs is 1. The number of aryl methyl sites for hydroxylation is 1. The van der Waals surface area contributed by atoms with Crippen molar-refractivity contribution in [3.8, 4) is 5.75 Å². The fourth-order valence-electron chi connectivity index (χ4n) is 4.14. The zero-order valence-electron chi connectivity index (χ0n) is 19.6. The van der Waals surface area contributed by atoms with Crippen molar-refractivity contribution in [2.45, 2.75) is 19.7 Å². The van der Waals surface area contributed by atoms with E-state index in [4.69, 9.17) is 4.74 Å². The number of carbonyl (C=O) groups is 1. The number of hydrogen-bond acceptors (Lipinski definition) is 5. The van der Waals surface area contributed by atoms with Crippen LogP contribution in [0.2, 0.25) is 0 Å². The van der Waals surface area contributed by atoms with E-state index in [1.807, 2.05) is 40.8 Å². The number of rotatable bonds is 5. The summed E-state index contributed by atoms with van der Waals surface area (Å²) in [5.74, 6) is 1.01. The zero-order valence-corrected chi connectivity index (χ0v) is 19.6. The molecule has 10 heteroatoms. The van der Waals surface area contributed by atoms with E-state index in [-0.39, 0.29) is 5.91 Å². The van der Waals surface area contributed by atoms with Crippen molar-refractivity contribution in [1.29, 1.82) is 0 Å². The molecule has 1 aliphatic heterocycles. The summed E-state index contributed by atoms with van der Waals surface area (Å²) in [4.78, 5) is 25.0. The van der Waals surface area contributed by atoms with Crippen molar-refractivity contribution in [2.75, 3.05) is 31.1 Å². The number of anilines is 1. The Morgan fingerprint density at radius 2 is 1.72 bits per heavy atom. The van der Waals surface area contributed by atoms with Gasteiger partial charge in [0.25, 0.3) is 5.91 Å². The molecule has 0 atom stereocenters. The molecule has 7 nitrogen and oxygen atoms in total. The van der Waals surface area contributed by atoms with E-state index in [9.17, 15) is 18.0 Å². The molecule has 0 radical (unpaired) electrons. The van der Waals surface area contributed by atoms with Gasteiger partial charge in [-0.25, -0.2) is 9.97 Å². The first-order valence-corrected chi connectivity index (χ1v) is 11.5. The molecule has 36 heavy (non-hydrogen) atoms. The van der Waals surface area contributed by atoms with Gasteiger partial charge in [-0.3, -0.25) is 4.79 Å². The van der Waals surface area contributed by atoms with Crippen molar-refractivity contribution in [1.82, 2.24) is 19.3 Å². The number of nitrogens with zero attached hydrogens (tertiary/aromatic N) is 5. The van der Waals surface area contributed by atoms with Crippen LogP contribution in [-0.2, 0) is 12.8 Å². The Labute approximate surface area is 205 Å². The maximum absolute atomic E-state index is 12.9. The standard InChI is InChI=1S/C26H24F3N5O2/c1-18-2-8-24-31-21(16-34(24)15-18)17-36-22-6-3-19(4-7-22)25(35)33-12-10-32(11-13-33)23-9-5-20(14-30-23)26(27,28)29/h2-9,14-16H,10-13,17H2,1H3. The number of piperazine rings is 1. The van der Waals surface area contributed by atoms with E-state index in [2.05, 4.69) is 9.97 Å². The Balaban J connectivity index is 1.14. The van der Waals surface area contributed by atoms with Gasteiger partial charge >= 0.3 is 6.18 Å². The average molecular weight is 496 g/mol. The van der Waals surface area contributed by atoms with Gasteiger partial charge in [-0.1, -0.05) is 6.07 Å². The summed E-state index contributed by atoms with van der Waals surface area (Å²) in [6.07, 6.45) is 0.364. The lowest BCUT2D eigenvalue weighted by Crippen LogP contribution is -2.49. The van der Waals surface area contributed by atoms with Gasteiger partial charge in [0.2, 0.25) is 0 Å². The molecule has 0 aliphatic carbocycles. The number of alkyl halides is 3. The molecule has 5 rings (SSSR count). The predicted octanol–water partition coefficient (Wildman–Crippen LogP) is 4.60. The van der Waals surface area contributed by atoms with Crippen LogP contribution in [0.4, 0.5) is 19.0 Å². The Morgan fingerprint density at radius 3 is 2.39 bits per heavy atom. The number of imidazole rings is 1. The molecule has 0 N–H and O–H groups in total. The smallest absolute Gasteiger partial charge is 0.417 e. The third kappa shape index (κ3) is 5.12. The third-order valence-corrected chi connectivity index (χ3v) is 6.10. The van der Waals surface area contributed by atoms with Crippen LogP contribution in [0.5, 0.6) is 5.75 Å². The van der Waals surface area contributed by atoms with Crippen LogP contribution in [0, 0.1) is 6.92 Å². The number of benzene rings is 1. The average Bonchev–Trinajstić information content (AvgIpc) is 3.29. The van der Waals surface area contributed by atoms with Gasteiger partial charge < -0.3 is 18.9 Å². The zero-order chi connectivity index (χ0) is 25.3. The fourth-order valence-corrected chi connectivity index (χ4v) is 4.14. The maximum atomic E-state index is 12.9. The lowest BCUT2D eigenvalue weighted by Gasteiger charge is -2.35. The Bertz CT molecular complexity index is 1360. The number of amides is 1. The fraction of sp³-hybridized carbons (Fsp3) is 0.269. The Kier molecular flexibility index (Phi) is 6.26. The highest BCUT2D eigenvalue weighted by molar-refractivity contribution is 5.94. The van der Waals surface area contributed by atoms with Crippen LogP contribution in [0.1, 0.15) is 27.2 Å². The van der Waals surface area contributed by atoms with E-state index in [0.717, 1.165) is 29.2 Å². The second-order valence-electron chi connectivity index (χ2n) is 8.70. The number of carbonyl (C=O) groups excluding carboxylic acids is 1. The van der Waals surface area contributed by atoms with E-state index in [1.165, 1.54) is 6.07 Å². The summed E-state index contributed by atoms with van der Waals surface area (Å²) in [6, 6.07) is 13.3. The monoisotopic (exact) mass is 495 g/mol. The van der Waals surface area contributed by atoms with Crippen molar-refractivity contribution in [3.05, 3.63) is 89.5 Å². The van der Waals surface area contributed by atoms with Crippen LogP contribution in [0.25, 0.3) is 5.65 Å². The summed E-state index contributed by atoms with van der Waals surface area (Å²) < 4.78 is 46.1. The van der Waals surface area contributed by atoms with E-state index in [0.29, 0.717) is 49.9 Å². The van der Waals surface area contributed by atoms with Gasteiger partial charge in [0.15, 0.2) is 0 Å². The molecule has 0 unspecified atom stereocenters. The first kappa shape index (κ1) is 23.7. The molecule has 0 bridgehead atoms. The van der Waals surface area contributed by atoms with E-state index in [1.54, 1.807) is 29.2 Å². The number of aromatic nitrogens is 3. The molecular formula is C26H24F3N5O2. The van der Waals surface area contributed by atoms with Crippen molar-refractivity contribution in [2.24, 2.45) is 0 Å². The third-order valence-electron chi connectivity index (χ3n) is 6.10. The lowest BCUT2D eigenvalue weighted by atomic mass is 10.1. The molecule has 1 amide bonds. The SMILES string of the molecule is Cc1ccc2nc(COc3ccc(C(=O)N4CCN(c5ccc(C(F)(F)F)cn5)CC4)cc3)cn2c1. The van der Waals surface area contributed by atoms with Gasteiger partial charge in [-0.05, 0) is 55.0 Å². The molecule has 4 aromatic rings. The summed E-state index contributed by atoms with van der Waals surface area (Å²) in [7, 11) is 0. The van der Waals surface area contributed by atoms with E-state index >= 15 is 0 Å². The number of pyridine rings is 2. The minimum atomic E-state index is -4.41.